The maximum absolute atomic E-state index is 12.7. The van der Waals surface area contributed by atoms with Crippen LogP contribution in [-0.2, 0) is 19.3 Å². The molecule has 0 saturated carbocycles. The van der Waals surface area contributed by atoms with Crippen molar-refractivity contribution in [3.05, 3.63) is 53.6 Å². The van der Waals surface area contributed by atoms with Crippen LogP contribution in [-0.4, -0.2) is 16.1 Å². The summed E-state index contributed by atoms with van der Waals surface area (Å²) in [5.74, 6) is 0.810. The van der Waals surface area contributed by atoms with Crippen molar-refractivity contribution >= 4 is 0 Å². The number of rotatable bonds is 5. The predicted molar refractivity (Wildman–Crippen MR) is 70.2 cm³/mol. The van der Waals surface area contributed by atoms with Crippen molar-refractivity contribution in [2.24, 2.45) is 0 Å². The standard InChI is InChI=1S/C14H16F3N3/c1-2-18-9-13-19-6-7-20(13)10-11-4-3-5-12(8-11)14(15,16)17/h3-8,18H,2,9-10H2,1H3. The van der Waals surface area contributed by atoms with Gasteiger partial charge >= 0.3 is 6.18 Å². The first kappa shape index (κ1) is 14.6. The Kier molecular flexibility index (Phi) is 4.44. The average Bonchev–Trinajstić information content (AvgIpc) is 2.83. The monoisotopic (exact) mass is 283 g/mol. The quantitative estimate of drug-likeness (QED) is 0.914. The first-order valence-electron chi connectivity index (χ1n) is 6.37. The summed E-state index contributed by atoms with van der Waals surface area (Å²) in [5.41, 5.74) is -0.0149. The number of hydrogen-bond donors (Lipinski definition) is 1. The molecule has 1 N–H and O–H groups in total. The smallest absolute Gasteiger partial charge is 0.329 e. The molecule has 0 fully saturated rings. The summed E-state index contributed by atoms with van der Waals surface area (Å²) in [7, 11) is 0. The van der Waals surface area contributed by atoms with Crippen LogP contribution in [0.1, 0.15) is 23.9 Å². The lowest BCUT2D eigenvalue weighted by molar-refractivity contribution is -0.137. The van der Waals surface area contributed by atoms with Crippen LogP contribution in [0.4, 0.5) is 13.2 Å². The fourth-order valence-corrected chi connectivity index (χ4v) is 1.93. The second-order valence-corrected chi connectivity index (χ2v) is 4.45. The zero-order valence-electron chi connectivity index (χ0n) is 11.1. The molecule has 0 unspecified atom stereocenters. The Morgan fingerprint density at radius 3 is 2.80 bits per heavy atom. The van der Waals surface area contributed by atoms with Crippen LogP contribution < -0.4 is 5.32 Å². The van der Waals surface area contributed by atoms with Crippen molar-refractivity contribution < 1.29 is 13.2 Å². The number of nitrogens with zero attached hydrogens (tertiary/aromatic N) is 2. The summed E-state index contributed by atoms with van der Waals surface area (Å²) >= 11 is 0. The molecule has 0 bridgehead atoms. The molecular formula is C14H16F3N3. The summed E-state index contributed by atoms with van der Waals surface area (Å²) in [4.78, 5) is 4.20. The van der Waals surface area contributed by atoms with E-state index in [4.69, 9.17) is 0 Å². The maximum Gasteiger partial charge on any atom is 0.416 e. The third-order valence-corrected chi connectivity index (χ3v) is 2.94. The van der Waals surface area contributed by atoms with E-state index in [0.29, 0.717) is 18.7 Å². The Balaban J connectivity index is 2.16. The summed E-state index contributed by atoms with van der Waals surface area (Å²) in [6, 6.07) is 5.37. The number of alkyl halides is 3. The van der Waals surface area contributed by atoms with Crippen molar-refractivity contribution in [1.29, 1.82) is 0 Å². The molecule has 2 rings (SSSR count). The molecule has 108 valence electrons. The van der Waals surface area contributed by atoms with Gasteiger partial charge in [0, 0.05) is 18.9 Å². The Bertz CT molecular complexity index is 561. The van der Waals surface area contributed by atoms with Crippen LogP contribution in [0.2, 0.25) is 0 Å². The van der Waals surface area contributed by atoms with Crippen molar-refractivity contribution in [3.8, 4) is 0 Å². The van der Waals surface area contributed by atoms with Gasteiger partial charge in [-0.25, -0.2) is 4.98 Å². The van der Waals surface area contributed by atoms with E-state index in [1.807, 2.05) is 11.5 Å². The highest BCUT2D eigenvalue weighted by atomic mass is 19.4. The van der Waals surface area contributed by atoms with Crippen LogP contribution >= 0.6 is 0 Å². The van der Waals surface area contributed by atoms with Gasteiger partial charge in [0.25, 0.3) is 0 Å². The van der Waals surface area contributed by atoms with E-state index in [-0.39, 0.29) is 0 Å². The summed E-state index contributed by atoms with van der Waals surface area (Å²) in [6.45, 7) is 3.78. The summed E-state index contributed by atoms with van der Waals surface area (Å²) < 4.78 is 39.8. The number of nitrogens with one attached hydrogen (secondary N) is 1. The van der Waals surface area contributed by atoms with Gasteiger partial charge in [-0.3, -0.25) is 0 Å². The molecule has 3 nitrogen and oxygen atoms in total. The lowest BCUT2D eigenvalue weighted by Gasteiger charge is -2.11. The zero-order chi connectivity index (χ0) is 14.6. The molecule has 6 heteroatoms. The Hall–Kier alpha value is -1.82. The molecule has 20 heavy (non-hydrogen) atoms. The SMILES string of the molecule is CCNCc1nccn1Cc1cccc(C(F)(F)F)c1. The molecule has 2 aromatic rings. The Morgan fingerprint density at radius 1 is 1.30 bits per heavy atom. The van der Waals surface area contributed by atoms with Crippen molar-refractivity contribution in [3.63, 3.8) is 0 Å². The van der Waals surface area contributed by atoms with Gasteiger partial charge in [-0.2, -0.15) is 13.2 Å². The molecule has 0 atom stereocenters. The second kappa shape index (κ2) is 6.09. The maximum atomic E-state index is 12.7. The van der Waals surface area contributed by atoms with Gasteiger partial charge in [-0.15, -0.1) is 0 Å². The fourth-order valence-electron chi connectivity index (χ4n) is 1.93. The normalized spacial score (nSPS) is 11.8. The van der Waals surface area contributed by atoms with E-state index >= 15 is 0 Å². The van der Waals surface area contributed by atoms with Crippen molar-refractivity contribution in [2.75, 3.05) is 6.54 Å². The molecule has 0 amide bonds. The minimum Gasteiger partial charge on any atom is -0.329 e. The molecule has 0 aliphatic rings. The third kappa shape index (κ3) is 3.60. The molecule has 0 saturated heterocycles. The van der Waals surface area contributed by atoms with Crippen LogP contribution in [0.3, 0.4) is 0 Å². The van der Waals surface area contributed by atoms with E-state index < -0.39 is 11.7 Å². The molecule has 1 aromatic heterocycles. The van der Waals surface area contributed by atoms with Crippen LogP contribution in [0.25, 0.3) is 0 Å². The highest BCUT2D eigenvalue weighted by Crippen LogP contribution is 2.29. The minimum atomic E-state index is -4.31. The molecule has 1 aromatic carbocycles. The number of aromatic nitrogens is 2. The second-order valence-electron chi connectivity index (χ2n) is 4.45. The number of halogens is 3. The Morgan fingerprint density at radius 2 is 2.10 bits per heavy atom. The van der Waals surface area contributed by atoms with Gasteiger partial charge in [0.05, 0.1) is 12.1 Å². The molecule has 1 heterocycles. The largest absolute Gasteiger partial charge is 0.416 e. The first-order chi connectivity index (χ1) is 9.50. The van der Waals surface area contributed by atoms with Gasteiger partial charge in [0.1, 0.15) is 5.82 Å². The number of imidazole rings is 1. The summed E-state index contributed by atoms with van der Waals surface area (Å²) in [6.07, 6.45) is -0.884. The minimum absolute atomic E-state index is 0.380. The molecular weight excluding hydrogens is 267 g/mol. The van der Waals surface area contributed by atoms with Gasteiger partial charge in [0.15, 0.2) is 0 Å². The van der Waals surface area contributed by atoms with E-state index in [2.05, 4.69) is 10.3 Å². The Labute approximate surface area is 115 Å². The molecule has 0 spiro atoms. The van der Waals surface area contributed by atoms with E-state index in [9.17, 15) is 13.2 Å². The number of hydrogen-bond acceptors (Lipinski definition) is 2. The van der Waals surface area contributed by atoms with Crippen molar-refractivity contribution in [2.45, 2.75) is 26.2 Å². The van der Waals surface area contributed by atoms with E-state index in [1.54, 1.807) is 18.5 Å². The highest BCUT2D eigenvalue weighted by molar-refractivity contribution is 5.26. The zero-order valence-corrected chi connectivity index (χ0v) is 11.1. The highest BCUT2D eigenvalue weighted by Gasteiger charge is 2.30. The molecule has 0 aliphatic carbocycles. The first-order valence-corrected chi connectivity index (χ1v) is 6.37. The van der Waals surface area contributed by atoms with Gasteiger partial charge in [-0.05, 0) is 24.2 Å². The van der Waals surface area contributed by atoms with Crippen LogP contribution in [0.5, 0.6) is 0 Å². The van der Waals surface area contributed by atoms with Crippen LogP contribution in [0, 0.1) is 0 Å². The van der Waals surface area contributed by atoms with E-state index in [1.165, 1.54) is 12.1 Å². The van der Waals surface area contributed by atoms with Gasteiger partial charge < -0.3 is 9.88 Å². The average molecular weight is 283 g/mol. The number of benzene rings is 1. The lowest BCUT2D eigenvalue weighted by Crippen LogP contribution is -2.16. The van der Waals surface area contributed by atoms with Gasteiger partial charge in [0.2, 0.25) is 0 Å². The molecule has 0 radical (unpaired) electrons. The fraction of sp³-hybridized carbons (Fsp3) is 0.357. The van der Waals surface area contributed by atoms with Crippen molar-refractivity contribution in [1.82, 2.24) is 14.9 Å². The van der Waals surface area contributed by atoms with Crippen LogP contribution in [0.15, 0.2) is 36.7 Å². The molecule has 0 aliphatic heterocycles. The predicted octanol–water partition coefficient (Wildman–Crippen LogP) is 3.06. The lowest BCUT2D eigenvalue weighted by atomic mass is 10.1. The van der Waals surface area contributed by atoms with E-state index in [0.717, 1.165) is 18.4 Å². The third-order valence-electron chi connectivity index (χ3n) is 2.94. The summed E-state index contributed by atoms with van der Waals surface area (Å²) in [5, 5.41) is 3.15. The van der Waals surface area contributed by atoms with Gasteiger partial charge in [-0.1, -0.05) is 19.1 Å². The topological polar surface area (TPSA) is 29.9 Å².